The van der Waals surface area contributed by atoms with Crippen LogP contribution in [0.2, 0.25) is 0 Å². The van der Waals surface area contributed by atoms with E-state index in [1.54, 1.807) is 24.3 Å². The van der Waals surface area contributed by atoms with Gasteiger partial charge < -0.3 is 11.5 Å². The van der Waals surface area contributed by atoms with Gasteiger partial charge >= 0.3 is 0 Å². The molecule has 1 rings (SSSR count). The Morgan fingerprint density at radius 2 is 1.89 bits per heavy atom. The summed E-state index contributed by atoms with van der Waals surface area (Å²) >= 11 is 0. The van der Waals surface area contributed by atoms with Gasteiger partial charge in [-0.25, -0.2) is 8.42 Å². The van der Waals surface area contributed by atoms with Crippen LogP contribution in [0.15, 0.2) is 24.3 Å². The average molecular weight is 271 g/mol. The molecule has 0 fully saturated rings. The zero-order valence-corrected chi connectivity index (χ0v) is 11.1. The molecule has 0 atom stereocenters. The second kappa shape index (κ2) is 4.95. The van der Waals surface area contributed by atoms with Gasteiger partial charge in [-0.1, -0.05) is 18.2 Å². The van der Waals surface area contributed by atoms with Gasteiger partial charge in [-0.05, 0) is 25.5 Å². The molecule has 0 aromatic heterocycles. The van der Waals surface area contributed by atoms with Crippen LogP contribution < -0.4 is 16.2 Å². The summed E-state index contributed by atoms with van der Waals surface area (Å²) in [7, 11) is -3.69. The van der Waals surface area contributed by atoms with Crippen molar-refractivity contribution in [2.45, 2.75) is 25.1 Å². The van der Waals surface area contributed by atoms with E-state index in [9.17, 15) is 13.2 Å². The number of nitrogens with one attached hydrogen (secondary N) is 1. The maximum Gasteiger partial charge on any atom is 0.238 e. The molecule has 0 saturated heterocycles. The van der Waals surface area contributed by atoms with Gasteiger partial charge in [0.2, 0.25) is 15.9 Å². The summed E-state index contributed by atoms with van der Waals surface area (Å²) in [6, 6.07) is 6.64. The summed E-state index contributed by atoms with van der Waals surface area (Å²) in [5.41, 5.74) is 10.3. The molecule has 0 aliphatic rings. The minimum atomic E-state index is -3.69. The molecule has 0 heterocycles. The molecular formula is C11H17N3O3S. The number of hydrogen-bond acceptors (Lipinski definition) is 4. The first kappa shape index (κ1) is 14.5. The first-order chi connectivity index (χ1) is 8.14. The Kier molecular flexibility index (Phi) is 3.98. The first-order valence-corrected chi connectivity index (χ1v) is 6.94. The van der Waals surface area contributed by atoms with E-state index in [4.69, 9.17) is 11.5 Å². The number of para-hydroxylation sites is 1. The lowest BCUT2D eigenvalue weighted by Gasteiger charge is -2.22. The third-order valence-corrected chi connectivity index (χ3v) is 3.94. The van der Waals surface area contributed by atoms with E-state index in [0.29, 0.717) is 11.3 Å². The van der Waals surface area contributed by atoms with Crippen molar-refractivity contribution in [3.8, 4) is 0 Å². The lowest BCUT2D eigenvalue weighted by atomic mass is 10.1. The number of hydrogen-bond donors (Lipinski definition) is 3. The summed E-state index contributed by atoms with van der Waals surface area (Å²) in [5, 5.41) is 0. The molecule has 0 radical (unpaired) electrons. The summed E-state index contributed by atoms with van der Waals surface area (Å²) in [6.45, 7) is 2.81. The number of nitrogens with two attached hydrogens (primary N) is 2. The van der Waals surface area contributed by atoms with Gasteiger partial charge in [0, 0.05) is 5.69 Å². The molecule has 1 amide bonds. The molecule has 0 saturated carbocycles. The van der Waals surface area contributed by atoms with E-state index in [-0.39, 0.29) is 5.75 Å². The van der Waals surface area contributed by atoms with Crippen molar-refractivity contribution >= 4 is 21.6 Å². The molecule has 7 heteroatoms. The van der Waals surface area contributed by atoms with Gasteiger partial charge in [-0.15, -0.1) is 0 Å². The highest BCUT2D eigenvalue weighted by Gasteiger charge is 2.30. The van der Waals surface area contributed by atoms with Crippen LogP contribution in [-0.4, -0.2) is 19.9 Å². The number of benzene rings is 1. The second-order valence-electron chi connectivity index (χ2n) is 4.55. The molecule has 6 nitrogen and oxygen atoms in total. The highest BCUT2D eigenvalue weighted by molar-refractivity contribution is 7.88. The van der Waals surface area contributed by atoms with E-state index in [1.165, 1.54) is 13.8 Å². The topological polar surface area (TPSA) is 115 Å². The number of carbonyl (C=O) groups is 1. The third kappa shape index (κ3) is 3.71. The summed E-state index contributed by atoms with van der Waals surface area (Å²) < 4.78 is 26.0. The molecule has 0 bridgehead atoms. The molecular weight excluding hydrogens is 254 g/mol. The summed E-state index contributed by atoms with van der Waals surface area (Å²) in [4.78, 5) is 11.1. The van der Waals surface area contributed by atoms with Crippen LogP contribution in [0.3, 0.4) is 0 Å². The number of nitrogen functional groups attached to an aromatic ring is 1. The molecule has 5 N–H and O–H groups in total. The Balaban J connectivity index is 2.91. The maximum atomic E-state index is 11.9. The quantitative estimate of drug-likeness (QED) is 0.651. The monoisotopic (exact) mass is 271 g/mol. The standard InChI is InChI=1S/C11H17N3O3S/c1-11(2,10(13)15)14-18(16,17)7-8-5-3-4-6-9(8)12/h3-6,14H,7,12H2,1-2H3,(H2,13,15). The SMILES string of the molecule is CC(C)(NS(=O)(=O)Cc1ccccc1N)C(N)=O. The summed E-state index contributed by atoms with van der Waals surface area (Å²) in [5.74, 6) is -1.04. The van der Waals surface area contributed by atoms with Crippen molar-refractivity contribution in [1.82, 2.24) is 4.72 Å². The van der Waals surface area contributed by atoms with Crippen molar-refractivity contribution < 1.29 is 13.2 Å². The Morgan fingerprint density at radius 1 is 1.33 bits per heavy atom. The molecule has 1 aromatic rings. The van der Waals surface area contributed by atoms with Crippen LogP contribution in [0.1, 0.15) is 19.4 Å². The molecule has 0 spiro atoms. The second-order valence-corrected chi connectivity index (χ2v) is 6.27. The predicted octanol–water partition coefficient (Wildman–Crippen LogP) is -0.0479. The van der Waals surface area contributed by atoms with Crippen LogP contribution in [0.4, 0.5) is 5.69 Å². The van der Waals surface area contributed by atoms with Gasteiger partial charge in [-0.2, -0.15) is 4.72 Å². The largest absolute Gasteiger partial charge is 0.398 e. The van der Waals surface area contributed by atoms with Crippen LogP contribution >= 0.6 is 0 Å². The van der Waals surface area contributed by atoms with Crippen molar-refractivity contribution in [1.29, 1.82) is 0 Å². The Hall–Kier alpha value is -1.60. The zero-order valence-electron chi connectivity index (χ0n) is 10.3. The normalized spacial score (nSPS) is 12.3. The predicted molar refractivity (Wildman–Crippen MR) is 69.9 cm³/mol. The molecule has 1 aromatic carbocycles. The van der Waals surface area contributed by atoms with E-state index in [0.717, 1.165) is 0 Å². The van der Waals surface area contributed by atoms with Crippen molar-refractivity contribution in [3.05, 3.63) is 29.8 Å². The van der Waals surface area contributed by atoms with Crippen molar-refractivity contribution in [2.24, 2.45) is 5.73 Å². The van der Waals surface area contributed by atoms with Gasteiger partial charge in [0.1, 0.15) is 5.54 Å². The smallest absolute Gasteiger partial charge is 0.238 e. The highest BCUT2D eigenvalue weighted by Crippen LogP contribution is 2.15. The minimum absolute atomic E-state index is 0.295. The van der Waals surface area contributed by atoms with Crippen LogP contribution in [0.5, 0.6) is 0 Å². The van der Waals surface area contributed by atoms with Crippen molar-refractivity contribution in [3.63, 3.8) is 0 Å². The van der Waals surface area contributed by atoms with Gasteiger partial charge in [-0.3, -0.25) is 4.79 Å². The number of rotatable bonds is 5. The number of carbonyl (C=O) groups excluding carboxylic acids is 1. The fraction of sp³-hybridized carbons (Fsp3) is 0.364. The number of anilines is 1. The third-order valence-electron chi connectivity index (χ3n) is 2.43. The number of sulfonamides is 1. The fourth-order valence-electron chi connectivity index (χ4n) is 1.35. The Labute approximate surface area is 106 Å². The van der Waals surface area contributed by atoms with Gasteiger partial charge in [0.05, 0.1) is 5.75 Å². The molecule has 100 valence electrons. The van der Waals surface area contributed by atoms with Crippen LogP contribution in [-0.2, 0) is 20.6 Å². The number of primary amides is 1. The van der Waals surface area contributed by atoms with Crippen LogP contribution in [0, 0.1) is 0 Å². The Bertz CT molecular complexity index is 552. The maximum absolute atomic E-state index is 11.9. The van der Waals surface area contributed by atoms with E-state index in [1.807, 2.05) is 0 Å². The van der Waals surface area contributed by atoms with Crippen molar-refractivity contribution in [2.75, 3.05) is 5.73 Å². The number of amides is 1. The lowest BCUT2D eigenvalue weighted by Crippen LogP contribution is -2.53. The lowest BCUT2D eigenvalue weighted by molar-refractivity contribution is -0.122. The molecule has 0 unspecified atom stereocenters. The van der Waals surface area contributed by atoms with Gasteiger partial charge in [0.15, 0.2) is 0 Å². The molecule has 18 heavy (non-hydrogen) atoms. The first-order valence-electron chi connectivity index (χ1n) is 5.29. The zero-order chi connectivity index (χ0) is 14.0. The molecule has 0 aliphatic carbocycles. The van der Waals surface area contributed by atoms with E-state index >= 15 is 0 Å². The van der Waals surface area contributed by atoms with Crippen LogP contribution in [0.25, 0.3) is 0 Å². The highest BCUT2D eigenvalue weighted by atomic mass is 32.2. The molecule has 0 aliphatic heterocycles. The van der Waals surface area contributed by atoms with Gasteiger partial charge in [0.25, 0.3) is 0 Å². The van der Waals surface area contributed by atoms with E-state index in [2.05, 4.69) is 4.72 Å². The average Bonchev–Trinajstić information content (AvgIpc) is 2.19. The minimum Gasteiger partial charge on any atom is -0.398 e. The Morgan fingerprint density at radius 3 is 2.39 bits per heavy atom. The fourth-order valence-corrected chi connectivity index (χ4v) is 2.97. The van der Waals surface area contributed by atoms with E-state index < -0.39 is 21.5 Å². The summed E-state index contributed by atoms with van der Waals surface area (Å²) in [6.07, 6.45) is 0.